The van der Waals surface area contributed by atoms with Crippen LogP contribution < -0.4 is 0 Å². The van der Waals surface area contributed by atoms with E-state index in [1.165, 1.54) is 0 Å². The van der Waals surface area contributed by atoms with Gasteiger partial charge < -0.3 is 0 Å². The lowest BCUT2D eigenvalue weighted by Crippen LogP contribution is -2.06. The zero-order valence-corrected chi connectivity index (χ0v) is 26.8. The highest BCUT2D eigenvalue weighted by Crippen LogP contribution is 2.37. The number of aromatic nitrogens is 6. The van der Waals surface area contributed by atoms with Crippen LogP contribution in [0.4, 0.5) is 0 Å². The normalized spacial score (nSPS) is 11.6. The molecule has 0 saturated heterocycles. The molecule has 234 valence electrons. The number of fused-ring (bicyclic) bond motifs is 5. The van der Waals surface area contributed by atoms with Crippen molar-refractivity contribution in [3.63, 3.8) is 0 Å². The van der Waals surface area contributed by atoms with E-state index in [1.807, 2.05) is 72.8 Å². The van der Waals surface area contributed by atoms with Crippen LogP contribution in [0, 0.1) is 0 Å². The molecule has 0 bridgehead atoms. The molecular weight excluding hydrogens is 613 g/mol. The maximum Gasteiger partial charge on any atom is 0.238 e. The van der Waals surface area contributed by atoms with Crippen LogP contribution in [-0.4, -0.2) is 29.1 Å². The molecule has 0 unspecified atom stereocenters. The molecule has 0 spiro atoms. The van der Waals surface area contributed by atoms with Gasteiger partial charge in [-0.2, -0.15) is 9.97 Å². The van der Waals surface area contributed by atoms with Gasteiger partial charge in [0.1, 0.15) is 5.82 Å². The highest BCUT2D eigenvalue weighted by atomic mass is 15.2. The Morgan fingerprint density at radius 1 is 0.360 bits per heavy atom. The van der Waals surface area contributed by atoms with Gasteiger partial charge in [0.2, 0.25) is 5.95 Å². The summed E-state index contributed by atoms with van der Waals surface area (Å²) < 4.78 is 4.44. The molecule has 0 saturated carbocycles. The Morgan fingerprint density at radius 2 is 0.900 bits per heavy atom. The number of para-hydroxylation sites is 2. The first-order valence-corrected chi connectivity index (χ1v) is 16.7. The van der Waals surface area contributed by atoms with E-state index in [9.17, 15) is 0 Å². The van der Waals surface area contributed by atoms with E-state index < -0.39 is 0 Å². The molecule has 0 radical (unpaired) electrons. The molecular formula is C44H28N6. The lowest BCUT2D eigenvalue weighted by molar-refractivity contribution is 0.954. The quantitative estimate of drug-likeness (QED) is 0.188. The molecule has 7 aromatic carbocycles. The molecule has 6 nitrogen and oxygen atoms in total. The molecule has 0 atom stereocenters. The van der Waals surface area contributed by atoms with E-state index in [2.05, 4.69) is 106 Å². The number of benzene rings is 7. The molecule has 0 amide bonds. The van der Waals surface area contributed by atoms with Crippen LogP contribution in [-0.2, 0) is 0 Å². The molecule has 3 aromatic heterocycles. The zero-order chi connectivity index (χ0) is 33.0. The Bertz CT molecular complexity index is 2780. The molecule has 0 aliphatic carbocycles. The van der Waals surface area contributed by atoms with Crippen LogP contribution in [0.25, 0.3) is 89.4 Å². The van der Waals surface area contributed by atoms with Crippen LogP contribution in [0.3, 0.4) is 0 Å². The van der Waals surface area contributed by atoms with E-state index in [-0.39, 0.29) is 0 Å². The van der Waals surface area contributed by atoms with Gasteiger partial charge in [0.15, 0.2) is 11.6 Å². The predicted octanol–water partition coefficient (Wildman–Crippen LogP) is 10.5. The fourth-order valence-corrected chi connectivity index (χ4v) is 7.02. The van der Waals surface area contributed by atoms with Gasteiger partial charge in [-0.3, -0.25) is 9.13 Å². The summed E-state index contributed by atoms with van der Waals surface area (Å²) in [6, 6.07) is 58.6. The third-order valence-corrected chi connectivity index (χ3v) is 9.34. The van der Waals surface area contributed by atoms with Gasteiger partial charge in [-0.15, -0.1) is 0 Å². The lowest BCUT2D eigenvalue weighted by atomic mass is 10.1. The second-order valence-electron chi connectivity index (χ2n) is 12.4. The van der Waals surface area contributed by atoms with Gasteiger partial charge in [0.05, 0.1) is 22.1 Å². The van der Waals surface area contributed by atoms with Crippen molar-refractivity contribution in [2.24, 2.45) is 0 Å². The van der Waals surface area contributed by atoms with Crippen LogP contribution >= 0.6 is 0 Å². The molecule has 50 heavy (non-hydrogen) atoms. The summed E-state index contributed by atoms with van der Waals surface area (Å²) in [5.74, 6) is 2.74. The Hall–Kier alpha value is -6.92. The third kappa shape index (κ3) is 4.58. The monoisotopic (exact) mass is 640 g/mol. The lowest BCUT2D eigenvalue weighted by Gasteiger charge is -2.11. The smallest absolute Gasteiger partial charge is 0.238 e. The molecule has 0 aliphatic rings. The minimum Gasteiger partial charge on any atom is -0.292 e. The molecule has 6 heteroatoms. The van der Waals surface area contributed by atoms with Crippen molar-refractivity contribution in [1.82, 2.24) is 29.1 Å². The Morgan fingerprint density at radius 3 is 1.56 bits per heavy atom. The van der Waals surface area contributed by atoms with Crippen molar-refractivity contribution in [3.8, 4) is 45.8 Å². The Kier molecular flexibility index (Phi) is 6.39. The van der Waals surface area contributed by atoms with Crippen LogP contribution in [0.1, 0.15) is 0 Å². The fraction of sp³-hybridized carbons (Fsp3) is 0. The second-order valence-corrected chi connectivity index (χ2v) is 12.4. The average molecular weight is 641 g/mol. The van der Waals surface area contributed by atoms with Crippen LogP contribution in [0.2, 0.25) is 0 Å². The molecule has 0 fully saturated rings. The summed E-state index contributed by atoms with van der Waals surface area (Å²) in [4.78, 5) is 20.4. The van der Waals surface area contributed by atoms with Gasteiger partial charge in [-0.1, -0.05) is 127 Å². The second kappa shape index (κ2) is 11.4. The molecule has 0 N–H and O–H groups in total. The SMILES string of the molecule is c1ccc(-c2nc(-c3ccccc3)nc(-n3c4ccccc4c4cc5cc6c(cc5cc43)nc(-c3ccccc3)n6-c3ccccc3)n2)cc1. The van der Waals surface area contributed by atoms with Crippen LogP contribution in [0.5, 0.6) is 0 Å². The van der Waals surface area contributed by atoms with Crippen molar-refractivity contribution in [2.45, 2.75) is 0 Å². The molecule has 10 aromatic rings. The van der Waals surface area contributed by atoms with Crippen molar-refractivity contribution in [3.05, 3.63) is 170 Å². The summed E-state index contributed by atoms with van der Waals surface area (Å²) in [7, 11) is 0. The Labute approximate surface area is 287 Å². The van der Waals surface area contributed by atoms with Crippen molar-refractivity contribution >= 4 is 43.6 Å². The summed E-state index contributed by atoms with van der Waals surface area (Å²) >= 11 is 0. The third-order valence-electron chi connectivity index (χ3n) is 9.34. The summed E-state index contributed by atoms with van der Waals surface area (Å²) in [5, 5.41) is 4.49. The molecule has 3 heterocycles. The van der Waals surface area contributed by atoms with Gasteiger partial charge in [0.25, 0.3) is 0 Å². The topological polar surface area (TPSA) is 61.4 Å². The molecule has 10 rings (SSSR count). The predicted molar refractivity (Wildman–Crippen MR) is 203 cm³/mol. The van der Waals surface area contributed by atoms with Gasteiger partial charge in [0, 0.05) is 33.2 Å². The first kappa shape index (κ1) is 28.1. The van der Waals surface area contributed by atoms with Crippen molar-refractivity contribution in [1.29, 1.82) is 0 Å². The highest BCUT2D eigenvalue weighted by Gasteiger charge is 2.20. The number of nitrogens with zero attached hydrogens (tertiary/aromatic N) is 6. The van der Waals surface area contributed by atoms with Crippen molar-refractivity contribution < 1.29 is 0 Å². The highest BCUT2D eigenvalue weighted by molar-refractivity contribution is 6.14. The maximum absolute atomic E-state index is 5.23. The zero-order valence-electron chi connectivity index (χ0n) is 26.8. The molecule has 0 aliphatic heterocycles. The standard InChI is InChI=1S/C44H28N6/c1-5-15-29(16-6-1)41-46-42(30-17-7-2-8-18-30)48-44(47-41)50-38-24-14-13-23-35(38)36-25-32-28-40-37(26-33(32)27-39(36)50)45-43(31-19-9-3-10-20-31)49(40)34-21-11-4-12-22-34/h1-28H. The first-order chi connectivity index (χ1) is 24.8. The van der Waals surface area contributed by atoms with E-state index >= 15 is 0 Å². The summed E-state index contributed by atoms with van der Waals surface area (Å²) in [5.41, 5.74) is 8.05. The number of imidazole rings is 1. The number of rotatable bonds is 5. The van der Waals surface area contributed by atoms with Gasteiger partial charge >= 0.3 is 0 Å². The van der Waals surface area contributed by atoms with Crippen LogP contribution in [0.15, 0.2) is 170 Å². The fourth-order valence-electron chi connectivity index (χ4n) is 7.02. The first-order valence-electron chi connectivity index (χ1n) is 16.7. The largest absolute Gasteiger partial charge is 0.292 e. The van der Waals surface area contributed by atoms with Gasteiger partial charge in [-0.25, -0.2) is 9.97 Å². The average Bonchev–Trinajstić information content (AvgIpc) is 3.72. The van der Waals surface area contributed by atoms with Crippen molar-refractivity contribution in [2.75, 3.05) is 0 Å². The minimum absolute atomic E-state index is 0.573. The number of hydrogen-bond acceptors (Lipinski definition) is 4. The van der Waals surface area contributed by atoms with E-state index in [4.69, 9.17) is 19.9 Å². The Balaban J connectivity index is 1.26. The van der Waals surface area contributed by atoms with E-state index in [0.29, 0.717) is 17.6 Å². The minimum atomic E-state index is 0.573. The summed E-state index contributed by atoms with van der Waals surface area (Å²) in [6.45, 7) is 0. The number of hydrogen-bond donors (Lipinski definition) is 0. The maximum atomic E-state index is 5.23. The van der Waals surface area contributed by atoms with Gasteiger partial charge in [-0.05, 0) is 53.2 Å². The van der Waals surface area contributed by atoms with E-state index in [0.717, 1.165) is 71.8 Å². The summed E-state index contributed by atoms with van der Waals surface area (Å²) in [6.07, 6.45) is 0. The van der Waals surface area contributed by atoms with E-state index in [1.54, 1.807) is 0 Å².